The third-order valence-corrected chi connectivity index (χ3v) is 4.73. The molecule has 3 aromatic rings. The van der Waals surface area contributed by atoms with E-state index in [9.17, 15) is 14.0 Å². The first-order valence-electron chi connectivity index (χ1n) is 8.45. The average molecular weight is 427 g/mol. The van der Waals surface area contributed by atoms with Crippen LogP contribution in [0, 0.1) is 5.82 Å². The van der Waals surface area contributed by atoms with Crippen molar-refractivity contribution in [1.82, 2.24) is 5.32 Å². The highest BCUT2D eigenvalue weighted by atomic mass is 35.5. The van der Waals surface area contributed by atoms with Gasteiger partial charge in [-0.25, -0.2) is 4.39 Å². The number of halogens is 2. The van der Waals surface area contributed by atoms with Crippen LogP contribution in [-0.4, -0.2) is 16.9 Å². The summed E-state index contributed by atoms with van der Waals surface area (Å²) in [4.78, 5) is 26.5. The molecule has 2 amide bonds. The van der Waals surface area contributed by atoms with E-state index in [2.05, 4.69) is 5.32 Å². The van der Waals surface area contributed by atoms with E-state index >= 15 is 0 Å². The third kappa shape index (κ3) is 3.83. The Kier molecular flexibility index (Phi) is 5.00. The molecule has 2 heterocycles. The van der Waals surface area contributed by atoms with Crippen LogP contribution in [-0.2, 0) is 9.59 Å². The van der Waals surface area contributed by atoms with Gasteiger partial charge in [0.15, 0.2) is 5.11 Å². The highest BCUT2D eigenvalue weighted by Gasteiger charge is 2.34. The Bertz CT molecular complexity index is 1170. The van der Waals surface area contributed by atoms with E-state index in [0.717, 1.165) is 0 Å². The van der Waals surface area contributed by atoms with Crippen LogP contribution in [0.2, 0.25) is 5.02 Å². The minimum absolute atomic E-state index is 0.0362. The van der Waals surface area contributed by atoms with Gasteiger partial charge in [-0.15, -0.1) is 0 Å². The molecule has 2 aromatic carbocycles. The van der Waals surface area contributed by atoms with Gasteiger partial charge in [0.25, 0.3) is 11.8 Å². The molecule has 0 spiro atoms. The molecule has 1 aliphatic rings. The first kappa shape index (κ1) is 19.0. The molecule has 0 aliphatic carbocycles. The number of thiocarbonyl (C=S) groups is 1. The summed E-state index contributed by atoms with van der Waals surface area (Å²) < 4.78 is 18.8. The summed E-state index contributed by atoms with van der Waals surface area (Å²) in [6, 6.07) is 15.6. The lowest BCUT2D eigenvalue weighted by molar-refractivity contribution is -0.122. The Morgan fingerprint density at radius 2 is 1.83 bits per heavy atom. The lowest BCUT2D eigenvalue weighted by Crippen LogP contribution is -2.54. The van der Waals surface area contributed by atoms with Gasteiger partial charge in [0, 0.05) is 10.6 Å². The topological polar surface area (TPSA) is 62.6 Å². The predicted molar refractivity (Wildman–Crippen MR) is 112 cm³/mol. The lowest BCUT2D eigenvalue weighted by Gasteiger charge is -2.28. The number of furan rings is 1. The molecule has 0 atom stereocenters. The number of nitrogens with one attached hydrogen (secondary N) is 1. The number of carbonyl (C=O) groups excluding carboxylic acids is 2. The Labute approximate surface area is 175 Å². The molecular formula is C21H12ClFN2O3S. The summed E-state index contributed by atoms with van der Waals surface area (Å²) in [6.45, 7) is 0. The van der Waals surface area contributed by atoms with Crippen molar-refractivity contribution in [2.75, 3.05) is 4.90 Å². The molecule has 0 bridgehead atoms. The quantitative estimate of drug-likeness (QED) is 0.378. The largest absolute Gasteiger partial charge is 0.457 e. The van der Waals surface area contributed by atoms with E-state index < -0.39 is 11.8 Å². The van der Waals surface area contributed by atoms with E-state index in [1.165, 1.54) is 23.1 Å². The number of hydrogen-bond donors (Lipinski definition) is 1. The molecule has 1 saturated heterocycles. The first-order valence-corrected chi connectivity index (χ1v) is 9.24. The zero-order valence-corrected chi connectivity index (χ0v) is 16.3. The fraction of sp³-hybridized carbons (Fsp3) is 0. The molecule has 144 valence electrons. The number of benzene rings is 2. The van der Waals surface area contributed by atoms with Crippen molar-refractivity contribution in [2.45, 2.75) is 0 Å². The van der Waals surface area contributed by atoms with Gasteiger partial charge in [-0.3, -0.25) is 19.8 Å². The molecular weight excluding hydrogens is 415 g/mol. The van der Waals surface area contributed by atoms with Crippen molar-refractivity contribution in [2.24, 2.45) is 0 Å². The van der Waals surface area contributed by atoms with Crippen molar-refractivity contribution in [3.63, 3.8) is 0 Å². The van der Waals surface area contributed by atoms with Gasteiger partial charge in [-0.05, 0) is 72.9 Å². The number of carbonyl (C=O) groups is 2. The number of hydrogen-bond acceptors (Lipinski definition) is 4. The van der Waals surface area contributed by atoms with Crippen molar-refractivity contribution < 1.29 is 18.4 Å². The second-order valence-electron chi connectivity index (χ2n) is 6.15. The Hall–Kier alpha value is -3.29. The Morgan fingerprint density at radius 1 is 1.07 bits per heavy atom. The molecule has 5 nitrogen and oxygen atoms in total. The molecule has 0 saturated carbocycles. The second kappa shape index (κ2) is 7.62. The van der Waals surface area contributed by atoms with E-state index in [1.807, 2.05) is 0 Å². The fourth-order valence-electron chi connectivity index (χ4n) is 2.85. The maximum Gasteiger partial charge on any atom is 0.270 e. The highest BCUT2D eigenvalue weighted by molar-refractivity contribution is 7.80. The van der Waals surface area contributed by atoms with Crippen LogP contribution in [0.4, 0.5) is 10.1 Å². The third-order valence-electron chi connectivity index (χ3n) is 4.21. The summed E-state index contributed by atoms with van der Waals surface area (Å²) in [5.74, 6) is -0.813. The fourth-order valence-corrected chi connectivity index (χ4v) is 3.31. The molecule has 29 heavy (non-hydrogen) atoms. The number of rotatable bonds is 3. The van der Waals surface area contributed by atoms with Crippen LogP contribution < -0.4 is 10.2 Å². The summed E-state index contributed by atoms with van der Waals surface area (Å²) in [7, 11) is 0. The summed E-state index contributed by atoms with van der Waals surface area (Å²) in [5, 5.41) is 2.89. The van der Waals surface area contributed by atoms with Crippen LogP contribution in [0.5, 0.6) is 0 Å². The van der Waals surface area contributed by atoms with E-state index in [-0.39, 0.29) is 16.5 Å². The maximum absolute atomic E-state index is 13.1. The Balaban J connectivity index is 1.67. The van der Waals surface area contributed by atoms with E-state index in [0.29, 0.717) is 27.8 Å². The highest BCUT2D eigenvalue weighted by Crippen LogP contribution is 2.27. The molecule has 0 radical (unpaired) electrons. The van der Waals surface area contributed by atoms with Crippen molar-refractivity contribution in [3.8, 4) is 11.3 Å². The van der Waals surface area contributed by atoms with E-state index in [4.69, 9.17) is 28.2 Å². The zero-order chi connectivity index (χ0) is 20.5. The molecule has 1 aliphatic heterocycles. The number of anilines is 1. The minimum Gasteiger partial charge on any atom is -0.457 e. The molecule has 1 aromatic heterocycles. The number of amides is 2. The molecule has 4 rings (SSSR count). The lowest BCUT2D eigenvalue weighted by atomic mass is 10.1. The van der Waals surface area contributed by atoms with Crippen LogP contribution in [0.1, 0.15) is 5.76 Å². The monoisotopic (exact) mass is 426 g/mol. The SMILES string of the molecule is O=C1NC(=S)N(c2cccc(Cl)c2)C(=O)/C1=C\c1ccc(-c2ccc(F)cc2)o1. The Morgan fingerprint density at radius 3 is 2.55 bits per heavy atom. The van der Waals surface area contributed by atoms with Gasteiger partial charge >= 0.3 is 0 Å². The van der Waals surface area contributed by atoms with E-state index in [1.54, 1.807) is 48.5 Å². The maximum atomic E-state index is 13.1. The summed E-state index contributed by atoms with van der Waals surface area (Å²) >= 11 is 11.2. The molecule has 0 unspecified atom stereocenters. The van der Waals surface area contributed by atoms with Gasteiger partial charge in [-0.1, -0.05) is 17.7 Å². The standard InChI is InChI=1S/C21H12ClFN2O3S/c22-13-2-1-3-15(10-13)25-20(27)17(19(26)24-21(25)29)11-16-8-9-18(28-16)12-4-6-14(23)7-5-12/h1-11H,(H,24,26,29)/b17-11-. The van der Waals surface area contributed by atoms with Crippen LogP contribution in [0.15, 0.2) is 70.7 Å². The van der Waals surface area contributed by atoms with Crippen molar-refractivity contribution in [1.29, 1.82) is 0 Å². The first-order chi connectivity index (χ1) is 13.9. The van der Waals surface area contributed by atoms with Crippen LogP contribution >= 0.6 is 23.8 Å². The smallest absolute Gasteiger partial charge is 0.270 e. The summed E-state index contributed by atoms with van der Waals surface area (Å²) in [5.41, 5.74) is 0.959. The molecule has 1 N–H and O–H groups in total. The van der Waals surface area contributed by atoms with Crippen molar-refractivity contribution >= 4 is 52.5 Å². The van der Waals surface area contributed by atoms with Crippen LogP contribution in [0.25, 0.3) is 17.4 Å². The molecule has 1 fully saturated rings. The second-order valence-corrected chi connectivity index (χ2v) is 6.97. The van der Waals surface area contributed by atoms with Crippen molar-refractivity contribution in [3.05, 3.63) is 82.8 Å². The minimum atomic E-state index is -0.627. The van der Waals surface area contributed by atoms with Gasteiger partial charge in [-0.2, -0.15) is 0 Å². The summed E-state index contributed by atoms with van der Waals surface area (Å²) in [6.07, 6.45) is 1.34. The van der Waals surface area contributed by atoms with Crippen LogP contribution in [0.3, 0.4) is 0 Å². The normalized spacial score (nSPS) is 15.7. The van der Waals surface area contributed by atoms with Gasteiger partial charge < -0.3 is 4.42 Å². The molecule has 8 heteroatoms. The number of nitrogens with zero attached hydrogens (tertiary/aromatic N) is 1. The van der Waals surface area contributed by atoms with Gasteiger partial charge in [0.2, 0.25) is 0 Å². The van der Waals surface area contributed by atoms with Gasteiger partial charge in [0.05, 0.1) is 5.69 Å². The predicted octanol–water partition coefficient (Wildman–Crippen LogP) is 4.57. The average Bonchev–Trinajstić information content (AvgIpc) is 3.14. The zero-order valence-electron chi connectivity index (χ0n) is 14.7. The van der Waals surface area contributed by atoms with Gasteiger partial charge in [0.1, 0.15) is 22.9 Å².